The van der Waals surface area contributed by atoms with E-state index in [4.69, 9.17) is 16.3 Å². The van der Waals surface area contributed by atoms with Crippen LogP contribution in [0.3, 0.4) is 0 Å². The van der Waals surface area contributed by atoms with Gasteiger partial charge in [0.1, 0.15) is 0 Å². The second-order valence-corrected chi connectivity index (χ2v) is 5.22. The van der Waals surface area contributed by atoms with Crippen LogP contribution < -0.4 is 10.6 Å². The fourth-order valence-electron chi connectivity index (χ4n) is 2.13. The Bertz CT molecular complexity index is 445. The summed E-state index contributed by atoms with van der Waals surface area (Å²) >= 11 is 6.12. The van der Waals surface area contributed by atoms with Crippen molar-refractivity contribution in [1.29, 1.82) is 0 Å². The summed E-state index contributed by atoms with van der Waals surface area (Å²) in [6, 6.07) is 5.58. The van der Waals surface area contributed by atoms with Crippen molar-refractivity contribution in [1.82, 2.24) is 0 Å². The molecule has 2 rings (SSSR count). The molecule has 0 spiro atoms. The van der Waals surface area contributed by atoms with Crippen molar-refractivity contribution in [2.75, 3.05) is 30.4 Å². The maximum absolute atomic E-state index is 11.0. The molecule has 1 aliphatic heterocycles. The third-order valence-electron chi connectivity index (χ3n) is 3.22. The molecule has 0 saturated carbocycles. The SMILES string of the molecule is CC(=O)Nc1ccc(NCC2CCOCC2)cc1Cl. The molecule has 1 aromatic rings. The van der Waals surface area contributed by atoms with E-state index in [0.29, 0.717) is 16.6 Å². The minimum absolute atomic E-state index is 0.121. The molecule has 19 heavy (non-hydrogen) atoms. The van der Waals surface area contributed by atoms with Gasteiger partial charge in [0.25, 0.3) is 0 Å². The van der Waals surface area contributed by atoms with Gasteiger partial charge in [0.15, 0.2) is 0 Å². The smallest absolute Gasteiger partial charge is 0.221 e. The standard InChI is InChI=1S/C14H19ClN2O2/c1-10(18)17-14-3-2-12(8-13(14)15)16-9-11-4-6-19-7-5-11/h2-3,8,11,16H,4-7,9H2,1H3,(H,17,18). The molecule has 0 aliphatic carbocycles. The van der Waals surface area contributed by atoms with E-state index < -0.39 is 0 Å². The molecule has 1 aliphatic rings. The predicted octanol–water partition coefficient (Wildman–Crippen LogP) is 3.14. The molecule has 0 unspecified atom stereocenters. The van der Waals surface area contributed by atoms with Gasteiger partial charge in [-0.2, -0.15) is 0 Å². The van der Waals surface area contributed by atoms with E-state index in [-0.39, 0.29) is 5.91 Å². The molecule has 5 heteroatoms. The van der Waals surface area contributed by atoms with Gasteiger partial charge in [-0.05, 0) is 37.0 Å². The molecule has 104 valence electrons. The third kappa shape index (κ3) is 4.40. The summed E-state index contributed by atoms with van der Waals surface area (Å²) in [7, 11) is 0. The number of anilines is 2. The van der Waals surface area contributed by atoms with Crippen LogP contribution in [-0.4, -0.2) is 25.7 Å². The first kappa shape index (κ1) is 14.2. The molecule has 1 fully saturated rings. The van der Waals surface area contributed by atoms with Crippen LogP contribution >= 0.6 is 11.6 Å². The molecule has 0 bridgehead atoms. The molecule has 0 aromatic heterocycles. The van der Waals surface area contributed by atoms with E-state index >= 15 is 0 Å². The molecule has 2 N–H and O–H groups in total. The largest absolute Gasteiger partial charge is 0.385 e. The summed E-state index contributed by atoms with van der Waals surface area (Å²) in [5.74, 6) is 0.535. The summed E-state index contributed by atoms with van der Waals surface area (Å²) < 4.78 is 5.33. The topological polar surface area (TPSA) is 50.4 Å². The van der Waals surface area contributed by atoms with E-state index in [1.54, 1.807) is 0 Å². The van der Waals surface area contributed by atoms with E-state index in [1.165, 1.54) is 6.92 Å². The number of ether oxygens (including phenoxy) is 1. The number of carbonyl (C=O) groups is 1. The first-order valence-corrected chi connectivity index (χ1v) is 6.91. The fraction of sp³-hybridized carbons (Fsp3) is 0.500. The second kappa shape index (κ2) is 6.78. The quantitative estimate of drug-likeness (QED) is 0.892. The lowest BCUT2D eigenvalue weighted by Crippen LogP contribution is -2.22. The number of hydrogen-bond donors (Lipinski definition) is 2. The molecular formula is C14H19ClN2O2. The number of nitrogens with one attached hydrogen (secondary N) is 2. The molecule has 4 nitrogen and oxygen atoms in total. The molecule has 1 aromatic carbocycles. The Morgan fingerprint density at radius 3 is 2.79 bits per heavy atom. The lowest BCUT2D eigenvalue weighted by atomic mass is 10.0. The first-order valence-electron chi connectivity index (χ1n) is 6.54. The number of hydrogen-bond acceptors (Lipinski definition) is 3. The number of carbonyl (C=O) groups excluding carboxylic acids is 1. The molecular weight excluding hydrogens is 264 g/mol. The van der Waals surface area contributed by atoms with E-state index in [2.05, 4.69) is 10.6 Å². The average Bonchev–Trinajstić information content (AvgIpc) is 2.40. The van der Waals surface area contributed by atoms with E-state index in [9.17, 15) is 4.79 Å². The van der Waals surface area contributed by atoms with Crippen LogP contribution in [0.4, 0.5) is 11.4 Å². The number of rotatable bonds is 4. The highest BCUT2D eigenvalue weighted by atomic mass is 35.5. The zero-order valence-electron chi connectivity index (χ0n) is 11.0. The Morgan fingerprint density at radius 2 is 2.16 bits per heavy atom. The Labute approximate surface area is 118 Å². The molecule has 1 saturated heterocycles. The van der Waals surface area contributed by atoms with Gasteiger partial charge in [0.05, 0.1) is 10.7 Å². The van der Waals surface area contributed by atoms with E-state index in [0.717, 1.165) is 38.3 Å². The molecule has 0 radical (unpaired) electrons. The Hall–Kier alpha value is -1.26. The normalized spacial score (nSPS) is 16.1. The number of amides is 1. The highest BCUT2D eigenvalue weighted by molar-refractivity contribution is 6.34. The summed E-state index contributed by atoms with van der Waals surface area (Å²) in [4.78, 5) is 11.0. The average molecular weight is 283 g/mol. The second-order valence-electron chi connectivity index (χ2n) is 4.81. The van der Waals surface area contributed by atoms with Crippen molar-refractivity contribution < 1.29 is 9.53 Å². The highest BCUT2D eigenvalue weighted by Gasteiger charge is 2.13. The summed E-state index contributed by atoms with van der Waals surface area (Å²) in [5, 5.41) is 6.62. The van der Waals surface area contributed by atoms with Crippen LogP contribution in [0.5, 0.6) is 0 Å². The van der Waals surface area contributed by atoms with Gasteiger partial charge < -0.3 is 15.4 Å². The van der Waals surface area contributed by atoms with Crippen LogP contribution in [0.1, 0.15) is 19.8 Å². The lowest BCUT2D eigenvalue weighted by molar-refractivity contribution is -0.114. The van der Waals surface area contributed by atoms with Crippen LogP contribution in [0.15, 0.2) is 18.2 Å². The zero-order chi connectivity index (χ0) is 13.7. The van der Waals surface area contributed by atoms with Gasteiger partial charge in [-0.15, -0.1) is 0 Å². The highest BCUT2D eigenvalue weighted by Crippen LogP contribution is 2.26. The lowest BCUT2D eigenvalue weighted by Gasteiger charge is -2.22. The van der Waals surface area contributed by atoms with Gasteiger partial charge >= 0.3 is 0 Å². The Morgan fingerprint density at radius 1 is 1.42 bits per heavy atom. The summed E-state index contributed by atoms with van der Waals surface area (Å²) in [5.41, 5.74) is 1.62. The Kier molecular flexibility index (Phi) is 5.05. The van der Waals surface area contributed by atoms with Gasteiger partial charge in [0.2, 0.25) is 5.91 Å². The minimum atomic E-state index is -0.121. The molecule has 1 amide bonds. The first-order chi connectivity index (χ1) is 9.15. The third-order valence-corrected chi connectivity index (χ3v) is 3.53. The maximum Gasteiger partial charge on any atom is 0.221 e. The predicted molar refractivity (Wildman–Crippen MR) is 77.8 cm³/mol. The monoisotopic (exact) mass is 282 g/mol. The van der Waals surface area contributed by atoms with Crippen molar-refractivity contribution in [3.63, 3.8) is 0 Å². The zero-order valence-corrected chi connectivity index (χ0v) is 11.8. The fourth-order valence-corrected chi connectivity index (χ4v) is 2.36. The van der Waals surface area contributed by atoms with Crippen molar-refractivity contribution in [2.24, 2.45) is 5.92 Å². The summed E-state index contributed by atoms with van der Waals surface area (Å²) in [6.07, 6.45) is 2.20. The van der Waals surface area contributed by atoms with Crippen molar-refractivity contribution in [2.45, 2.75) is 19.8 Å². The maximum atomic E-state index is 11.0. The van der Waals surface area contributed by atoms with Gasteiger partial charge in [-0.1, -0.05) is 11.6 Å². The van der Waals surface area contributed by atoms with Gasteiger partial charge in [-0.3, -0.25) is 4.79 Å². The minimum Gasteiger partial charge on any atom is -0.385 e. The van der Waals surface area contributed by atoms with Gasteiger partial charge in [-0.25, -0.2) is 0 Å². The van der Waals surface area contributed by atoms with Crippen molar-refractivity contribution in [3.8, 4) is 0 Å². The summed E-state index contributed by atoms with van der Waals surface area (Å²) in [6.45, 7) is 4.11. The van der Waals surface area contributed by atoms with Crippen LogP contribution in [0.25, 0.3) is 0 Å². The molecule has 1 heterocycles. The number of halogens is 1. The van der Waals surface area contributed by atoms with Crippen LogP contribution in [0, 0.1) is 5.92 Å². The Balaban J connectivity index is 1.90. The van der Waals surface area contributed by atoms with E-state index in [1.807, 2.05) is 18.2 Å². The van der Waals surface area contributed by atoms with Crippen molar-refractivity contribution in [3.05, 3.63) is 23.2 Å². The van der Waals surface area contributed by atoms with Crippen molar-refractivity contribution >= 4 is 28.9 Å². The molecule has 0 atom stereocenters. The van der Waals surface area contributed by atoms with Crippen LogP contribution in [-0.2, 0) is 9.53 Å². The van der Waals surface area contributed by atoms with Crippen LogP contribution in [0.2, 0.25) is 5.02 Å². The van der Waals surface area contributed by atoms with Gasteiger partial charge in [0, 0.05) is 32.4 Å². The number of benzene rings is 1.